The van der Waals surface area contributed by atoms with Crippen LogP contribution in [0.5, 0.6) is 0 Å². The maximum Gasteiger partial charge on any atom is 0.381 e. The zero-order valence-corrected chi connectivity index (χ0v) is 7.99. The maximum atomic E-state index is 9.69. The molecule has 0 aliphatic heterocycles. The van der Waals surface area contributed by atoms with E-state index >= 15 is 0 Å². The van der Waals surface area contributed by atoms with Gasteiger partial charge in [-0.2, -0.15) is 0 Å². The molecule has 0 amide bonds. The van der Waals surface area contributed by atoms with Gasteiger partial charge in [-0.3, -0.25) is 4.79 Å². The van der Waals surface area contributed by atoms with E-state index in [2.05, 4.69) is 0 Å². The second kappa shape index (κ2) is 9.98. The maximum absolute atomic E-state index is 9.69. The minimum Gasteiger partial charge on any atom is -0.481 e. The molecule has 11 heavy (non-hydrogen) atoms. The third-order valence-corrected chi connectivity index (χ3v) is 0.435. The van der Waals surface area contributed by atoms with Crippen LogP contribution in [0.3, 0.4) is 0 Å². The monoisotopic (exact) mass is 342 g/mol. The molecular weight excluding hydrogens is 340 g/mol. The summed E-state index contributed by atoms with van der Waals surface area (Å²) < 4.78 is 0. The van der Waals surface area contributed by atoms with E-state index in [1.807, 2.05) is 5.92 Å². The van der Waals surface area contributed by atoms with Crippen LogP contribution in [0.4, 0.5) is 0 Å². The largest absolute Gasteiger partial charge is 0.481 e. The van der Waals surface area contributed by atoms with Crippen LogP contribution < -0.4 is 0 Å². The van der Waals surface area contributed by atoms with Crippen molar-refractivity contribution in [3.8, 4) is 11.8 Å². The zero-order valence-electron chi connectivity index (χ0n) is 5.02. The molecule has 2 N–H and O–H groups in total. The Balaban J connectivity index is -0.000000320. The van der Waals surface area contributed by atoms with E-state index in [4.69, 9.17) is 10.2 Å². The molecule has 0 fully saturated rings. The molecule has 0 saturated heterocycles. The molecule has 70 valence electrons. The summed E-state index contributed by atoms with van der Waals surface area (Å²) in [5.41, 5.74) is 0. The molecule has 0 saturated carbocycles. The molecule has 0 bridgehead atoms. The summed E-state index contributed by atoms with van der Waals surface area (Å²) in [6, 6.07) is 0. The topological polar surface area (TPSA) is 74.6 Å². The smallest absolute Gasteiger partial charge is 0.381 e. The van der Waals surface area contributed by atoms with Gasteiger partial charge in [-0.05, 0) is 0 Å². The molecule has 0 aliphatic carbocycles. The standard InChI is InChI=1S/C5H4O4.2Ag/c6-4(7)2-1-3-5(8)9;;/h2H2,(H,6,7)(H,8,9);;. The number of aliphatic carboxylic acids is 2. The molecule has 0 unspecified atom stereocenters. The van der Waals surface area contributed by atoms with Crippen LogP contribution in [0.25, 0.3) is 0 Å². The summed E-state index contributed by atoms with van der Waals surface area (Å²) in [6.45, 7) is 0. The molecule has 0 heterocycles. The van der Waals surface area contributed by atoms with Crippen LogP contribution in [-0.2, 0) is 54.3 Å². The summed E-state index contributed by atoms with van der Waals surface area (Å²) in [5.74, 6) is 1.17. The van der Waals surface area contributed by atoms with Crippen molar-refractivity contribution in [3.63, 3.8) is 0 Å². The van der Waals surface area contributed by atoms with Crippen molar-refractivity contribution in [3.05, 3.63) is 0 Å². The summed E-state index contributed by atoms with van der Waals surface area (Å²) in [7, 11) is 0. The van der Waals surface area contributed by atoms with Gasteiger partial charge in [0.25, 0.3) is 0 Å². The van der Waals surface area contributed by atoms with E-state index in [0.29, 0.717) is 0 Å². The van der Waals surface area contributed by atoms with Crippen molar-refractivity contribution in [2.75, 3.05) is 0 Å². The summed E-state index contributed by atoms with van der Waals surface area (Å²) in [4.78, 5) is 19.3. The van der Waals surface area contributed by atoms with E-state index in [0.717, 1.165) is 0 Å². The van der Waals surface area contributed by atoms with E-state index < -0.39 is 18.4 Å². The molecule has 0 rings (SSSR count). The number of carboxylic acids is 2. The van der Waals surface area contributed by atoms with Gasteiger partial charge in [0.1, 0.15) is 6.42 Å². The van der Waals surface area contributed by atoms with Gasteiger partial charge in [-0.25, -0.2) is 4.79 Å². The number of hydrogen-bond acceptors (Lipinski definition) is 2. The fraction of sp³-hybridized carbons (Fsp3) is 0.200. The third-order valence-electron chi connectivity index (χ3n) is 0.435. The molecular formula is C5H4Ag2O4. The normalized spacial score (nSPS) is 5.82. The van der Waals surface area contributed by atoms with E-state index in [1.54, 1.807) is 5.92 Å². The van der Waals surface area contributed by atoms with Crippen molar-refractivity contribution in [1.82, 2.24) is 0 Å². The van der Waals surface area contributed by atoms with Gasteiger partial charge < -0.3 is 10.2 Å². The third kappa shape index (κ3) is 17.8. The Labute approximate surface area is 94.4 Å². The van der Waals surface area contributed by atoms with Crippen molar-refractivity contribution in [2.24, 2.45) is 0 Å². The minimum absolute atomic E-state index is 0. The summed E-state index contributed by atoms with van der Waals surface area (Å²) in [5, 5.41) is 15.8. The van der Waals surface area contributed by atoms with Crippen LogP contribution in [0.1, 0.15) is 6.42 Å². The van der Waals surface area contributed by atoms with Crippen LogP contribution in [0.15, 0.2) is 0 Å². The van der Waals surface area contributed by atoms with Crippen LogP contribution in [0, 0.1) is 11.8 Å². The Hall–Kier alpha value is -0.0195. The van der Waals surface area contributed by atoms with Crippen molar-refractivity contribution in [1.29, 1.82) is 0 Å². The molecule has 0 atom stereocenters. The first-order chi connectivity index (χ1) is 4.13. The Morgan fingerprint density at radius 1 is 1.18 bits per heavy atom. The molecule has 6 heteroatoms. The number of hydrogen-bond donors (Lipinski definition) is 2. The Morgan fingerprint density at radius 2 is 1.64 bits per heavy atom. The fourth-order valence-corrected chi connectivity index (χ4v) is 0.195. The average molecular weight is 344 g/mol. The quantitative estimate of drug-likeness (QED) is 0.499. The number of rotatable bonds is 1. The Morgan fingerprint density at radius 3 is 1.91 bits per heavy atom. The zero-order chi connectivity index (χ0) is 7.28. The first-order valence-electron chi connectivity index (χ1n) is 2.06. The molecule has 0 aromatic carbocycles. The predicted octanol–water partition coefficient (Wildman–Crippen LogP) is -0.456. The number of carbonyl (C=O) groups is 2. The van der Waals surface area contributed by atoms with Gasteiger partial charge in [-0.1, -0.05) is 5.92 Å². The molecule has 0 spiro atoms. The van der Waals surface area contributed by atoms with Gasteiger partial charge in [0.05, 0.1) is 0 Å². The van der Waals surface area contributed by atoms with Gasteiger partial charge in [0.2, 0.25) is 0 Å². The first kappa shape index (κ1) is 17.2. The fourth-order valence-electron chi connectivity index (χ4n) is 0.195. The van der Waals surface area contributed by atoms with Crippen LogP contribution in [-0.4, -0.2) is 22.2 Å². The van der Waals surface area contributed by atoms with E-state index in [1.165, 1.54) is 0 Å². The summed E-state index contributed by atoms with van der Waals surface area (Å²) >= 11 is 0. The van der Waals surface area contributed by atoms with Crippen molar-refractivity contribution >= 4 is 11.9 Å². The van der Waals surface area contributed by atoms with Crippen molar-refractivity contribution < 1.29 is 64.6 Å². The molecule has 2 radical (unpaired) electrons. The van der Waals surface area contributed by atoms with Gasteiger partial charge >= 0.3 is 11.9 Å². The van der Waals surface area contributed by atoms with E-state index in [9.17, 15) is 9.59 Å². The molecule has 0 aromatic heterocycles. The van der Waals surface area contributed by atoms with Crippen molar-refractivity contribution in [2.45, 2.75) is 6.42 Å². The van der Waals surface area contributed by atoms with Gasteiger partial charge in [0.15, 0.2) is 0 Å². The Bertz CT molecular complexity index is 190. The predicted molar refractivity (Wildman–Crippen MR) is 27.7 cm³/mol. The molecule has 4 nitrogen and oxygen atoms in total. The second-order valence-electron chi connectivity index (χ2n) is 1.18. The number of carboxylic acid groups (broad SMARTS) is 2. The van der Waals surface area contributed by atoms with Gasteiger partial charge in [0, 0.05) is 50.7 Å². The first-order valence-corrected chi connectivity index (χ1v) is 2.06. The van der Waals surface area contributed by atoms with Crippen LogP contribution in [0.2, 0.25) is 0 Å². The second-order valence-corrected chi connectivity index (χ2v) is 1.18. The molecule has 0 aromatic rings. The molecule has 0 aliphatic rings. The van der Waals surface area contributed by atoms with E-state index in [-0.39, 0.29) is 44.8 Å². The van der Waals surface area contributed by atoms with Crippen LogP contribution >= 0.6 is 0 Å². The van der Waals surface area contributed by atoms with Gasteiger partial charge in [-0.15, -0.1) is 0 Å². The Kier molecular flexibility index (Phi) is 15.6. The SMILES string of the molecule is O=C(O)C#CCC(=O)O.[Ag].[Ag]. The summed E-state index contributed by atoms with van der Waals surface area (Å²) in [6.07, 6.45) is -0.424. The average Bonchev–Trinajstić information content (AvgIpc) is 1.63. The minimum atomic E-state index is -1.31.